The van der Waals surface area contributed by atoms with Crippen molar-refractivity contribution in [3.63, 3.8) is 0 Å². The number of primary amides is 1. The highest BCUT2D eigenvalue weighted by atomic mass is 16.4. The lowest BCUT2D eigenvalue weighted by Gasteiger charge is -2.10. The van der Waals surface area contributed by atoms with Gasteiger partial charge in [0.05, 0.1) is 6.04 Å². The quantitative estimate of drug-likeness (QED) is 0.286. The second kappa shape index (κ2) is 6.30. The number of carbonyl (C=O) groups excluding carboxylic acids is 1. The monoisotopic (exact) mass is 187 g/mol. The van der Waals surface area contributed by atoms with Crippen LogP contribution in [-0.2, 0) is 4.79 Å². The fourth-order valence-corrected chi connectivity index (χ4v) is 0.909. The smallest absolute Gasteiger partial charge is 0.319 e. The number of rotatable bonds is 6. The van der Waals surface area contributed by atoms with Crippen molar-refractivity contribution in [1.82, 2.24) is 10.5 Å². The summed E-state index contributed by atoms with van der Waals surface area (Å²) >= 11 is 0. The summed E-state index contributed by atoms with van der Waals surface area (Å²) in [6.45, 7) is 0.404. The van der Waals surface area contributed by atoms with Crippen LogP contribution in [0.25, 0.3) is 0 Å². The fourth-order valence-electron chi connectivity index (χ4n) is 0.909. The molecule has 0 spiro atoms. The summed E-state index contributed by atoms with van der Waals surface area (Å²) in [6.07, 6.45) is 1.05. The molecule has 0 rings (SSSR count). The molecule has 6 nitrogen and oxygen atoms in total. The lowest BCUT2D eigenvalue weighted by Crippen LogP contribution is -2.36. The molecule has 0 aliphatic carbocycles. The molecule has 0 aliphatic heterocycles. The van der Waals surface area contributed by atoms with Crippen LogP contribution in [0.3, 0.4) is 0 Å². The zero-order chi connectivity index (χ0) is 10.3. The third-order valence-corrected chi connectivity index (χ3v) is 1.62. The van der Waals surface area contributed by atoms with E-state index >= 15 is 0 Å². The Morgan fingerprint density at radius 1 is 1.54 bits per heavy atom. The van der Waals surface area contributed by atoms with E-state index in [1.165, 1.54) is 0 Å². The molecule has 0 radical (unpaired) electrons. The molecule has 0 bridgehead atoms. The van der Waals surface area contributed by atoms with Gasteiger partial charge < -0.3 is 21.4 Å². The Hall–Kier alpha value is -1.24. The van der Waals surface area contributed by atoms with E-state index in [0.29, 0.717) is 19.4 Å². The third kappa shape index (κ3) is 5.97. The molecule has 0 unspecified atom stereocenters. The number of hydrogen-bond acceptors (Lipinski definition) is 3. The molecule has 74 valence electrons. The summed E-state index contributed by atoms with van der Waals surface area (Å²) in [5.41, 5.74) is 4.82. The standard InChI is InChI=1S/C6H14BN3O3/c7-10-4(5(11)12)2-1-3-9-6(8)13/h4,10H,1-3,7H2,(H,11,12)(H3,8,9,13)/t4-/m0/s1. The second-order valence-electron chi connectivity index (χ2n) is 2.61. The molecule has 0 aromatic carbocycles. The highest BCUT2D eigenvalue weighted by Gasteiger charge is 2.12. The predicted molar refractivity (Wildman–Crippen MR) is 49.9 cm³/mol. The highest BCUT2D eigenvalue weighted by molar-refractivity contribution is 6.06. The summed E-state index contributed by atoms with van der Waals surface area (Å²) in [5, 5.41) is 13.6. The Balaban J connectivity index is 3.50. The van der Waals surface area contributed by atoms with Crippen LogP contribution in [0.1, 0.15) is 12.8 Å². The van der Waals surface area contributed by atoms with E-state index in [1.54, 1.807) is 7.98 Å². The lowest BCUT2D eigenvalue weighted by atomic mass is 10.1. The first kappa shape index (κ1) is 11.8. The van der Waals surface area contributed by atoms with Gasteiger partial charge in [-0.2, -0.15) is 0 Å². The molecule has 0 aromatic rings. The van der Waals surface area contributed by atoms with E-state index in [-0.39, 0.29) is 0 Å². The Bertz CT molecular complexity index is 188. The van der Waals surface area contributed by atoms with Crippen LogP contribution >= 0.6 is 0 Å². The molecule has 0 saturated heterocycles. The van der Waals surface area contributed by atoms with Gasteiger partial charge in [-0.05, 0) is 12.8 Å². The molecule has 0 aromatic heterocycles. The third-order valence-electron chi connectivity index (χ3n) is 1.62. The Labute approximate surface area is 77.3 Å². The minimum atomic E-state index is -0.887. The minimum Gasteiger partial charge on any atom is -0.480 e. The van der Waals surface area contributed by atoms with Crippen LogP contribution in [0, 0.1) is 0 Å². The number of aliphatic carboxylic acids is 1. The number of nitrogens with one attached hydrogen (secondary N) is 2. The minimum absolute atomic E-state index is 0.404. The van der Waals surface area contributed by atoms with Crippen molar-refractivity contribution in [2.75, 3.05) is 6.54 Å². The summed E-state index contributed by atoms with van der Waals surface area (Å²) in [7, 11) is 1.58. The molecule has 0 saturated carbocycles. The van der Waals surface area contributed by atoms with Crippen molar-refractivity contribution in [3.05, 3.63) is 0 Å². The first-order valence-electron chi connectivity index (χ1n) is 4.01. The van der Waals surface area contributed by atoms with Gasteiger partial charge in [-0.15, -0.1) is 0 Å². The first-order chi connectivity index (χ1) is 6.07. The van der Waals surface area contributed by atoms with E-state index in [0.717, 1.165) is 0 Å². The SMILES string of the molecule is BN[C@@H](CCCNC(N)=O)C(=O)O. The molecule has 2 amide bonds. The number of carboxylic acids is 1. The molecule has 13 heavy (non-hydrogen) atoms. The van der Waals surface area contributed by atoms with Crippen LogP contribution in [0.15, 0.2) is 0 Å². The lowest BCUT2D eigenvalue weighted by molar-refractivity contribution is -0.139. The molecule has 1 atom stereocenters. The summed E-state index contributed by atoms with van der Waals surface area (Å²) in [4.78, 5) is 20.7. The molecule has 0 aliphatic rings. The zero-order valence-electron chi connectivity index (χ0n) is 7.54. The zero-order valence-corrected chi connectivity index (χ0v) is 7.54. The molecular weight excluding hydrogens is 173 g/mol. The van der Waals surface area contributed by atoms with E-state index in [4.69, 9.17) is 10.8 Å². The maximum Gasteiger partial charge on any atom is 0.319 e. The van der Waals surface area contributed by atoms with Gasteiger partial charge in [-0.3, -0.25) is 4.79 Å². The van der Waals surface area contributed by atoms with Crippen molar-refractivity contribution >= 4 is 20.0 Å². The molecular formula is C6H14BN3O3. The summed E-state index contributed by atoms with van der Waals surface area (Å²) in [5.74, 6) is -0.887. The predicted octanol–water partition coefficient (Wildman–Crippen LogP) is -1.97. The van der Waals surface area contributed by atoms with Crippen LogP contribution in [0.4, 0.5) is 4.79 Å². The number of urea groups is 1. The Morgan fingerprint density at radius 3 is 2.54 bits per heavy atom. The second-order valence-corrected chi connectivity index (χ2v) is 2.61. The van der Waals surface area contributed by atoms with E-state index in [1.807, 2.05) is 0 Å². The number of carboxylic acid groups (broad SMARTS) is 1. The van der Waals surface area contributed by atoms with Gasteiger partial charge in [0.2, 0.25) is 0 Å². The Kier molecular flexibility index (Phi) is 5.70. The van der Waals surface area contributed by atoms with Crippen molar-refractivity contribution in [2.45, 2.75) is 18.9 Å². The van der Waals surface area contributed by atoms with Gasteiger partial charge in [-0.25, -0.2) is 4.79 Å². The Morgan fingerprint density at radius 2 is 2.15 bits per heavy atom. The number of amides is 2. The molecule has 7 heteroatoms. The van der Waals surface area contributed by atoms with Gasteiger partial charge in [0.1, 0.15) is 0 Å². The van der Waals surface area contributed by atoms with Gasteiger partial charge in [-0.1, -0.05) is 0 Å². The van der Waals surface area contributed by atoms with Crippen molar-refractivity contribution in [2.24, 2.45) is 5.73 Å². The number of carbonyl (C=O) groups is 2. The average Bonchev–Trinajstić information content (AvgIpc) is 2.03. The number of hydrogen-bond donors (Lipinski definition) is 4. The first-order valence-corrected chi connectivity index (χ1v) is 4.01. The largest absolute Gasteiger partial charge is 0.480 e. The van der Waals surface area contributed by atoms with Crippen molar-refractivity contribution in [3.8, 4) is 0 Å². The van der Waals surface area contributed by atoms with E-state index in [9.17, 15) is 9.59 Å². The van der Waals surface area contributed by atoms with Crippen LogP contribution in [0.5, 0.6) is 0 Å². The fraction of sp³-hybridized carbons (Fsp3) is 0.667. The molecule has 5 N–H and O–H groups in total. The maximum atomic E-state index is 10.5. The summed E-state index contributed by atoms with van der Waals surface area (Å²) in [6, 6.07) is -1.15. The molecule has 0 fully saturated rings. The van der Waals surface area contributed by atoms with Crippen LogP contribution in [0.2, 0.25) is 0 Å². The van der Waals surface area contributed by atoms with Gasteiger partial charge in [0.25, 0.3) is 0 Å². The molecule has 0 heterocycles. The van der Waals surface area contributed by atoms with Gasteiger partial charge in [0.15, 0.2) is 7.98 Å². The normalized spacial score (nSPS) is 12.0. The van der Waals surface area contributed by atoms with E-state index < -0.39 is 18.0 Å². The highest BCUT2D eigenvalue weighted by Crippen LogP contribution is 1.95. The van der Waals surface area contributed by atoms with Crippen molar-refractivity contribution < 1.29 is 14.7 Å². The van der Waals surface area contributed by atoms with Gasteiger partial charge >= 0.3 is 12.0 Å². The van der Waals surface area contributed by atoms with E-state index in [2.05, 4.69) is 10.5 Å². The maximum absolute atomic E-state index is 10.5. The van der Waals surface area contributed by atoms with Crippen molar-refractivity contribution in [1.29, 1.82) is 0 Å². The van der Waals surface area contributed by atoms with Gasteiger partial charge in [0, 0.05) is 6.54 Å². The van der Waals surface area contributed by atoms with Crippen LogP contribution < -0.4 is 16.3 Å². The average molecular weight is 187 g/mol. The topological polar surface area (TPSA) is 104 Å². The van der Waals surface area contributed by atoms with Crippen LogP contribution in [-0.4, -0.2) is 37.7 Å². The summed E-state index contributed by atoms with van der Waals surface area (Å²) < 4.78 is 0. The number of nitrogens with two attached hydrogens (primary N) is 1.